The van der Waals surface area contributed by atoms with Gasteiger partial charge >= 0.3 is 11.9 Å². The van der Waals surface area contributed by atoms with E-state index in [-0.39, 0.29) is 30.9 Å². The van der Waals surface area contributed by atoms with Gasteiger partial charge in [0.1, 0.15) is 0 Å². The highest BCUT2D eigenvalue weighted by Gasteiger charge is 2.13. The minimum Gasteiger partial charge on any atom is -0.478 e. The van der Waals surface area contributed by atoms with Gasteiger partial charge in [-0.25, -0.2) is 9.59 Å². The van der Waals surface area contributed by atoms with E-state index in [0.29, 0.717) is 13.2 Å². The van der Waals surface area contributed by atoms with Crippen molar-refractivity contribution in [1.82, 2.24) is 0 Å². The van der Waals surface area contributed by atoms with Crippen molar-refractivity contribution < 1.29 is 45.0 Å². The maximum absolute atomic E-state index is 10.5. The topological polar surface area (TPSA) is 165 Å². The second-order valence-corrected chi connectivity index (χ2v) is 4.25. The van der Waals surface area contributed by atoms with E-state index in [4.69, 9.17) is 30.6 Å². The number of aliphatic hydroxyl groups excluding tert-OH is 4. The smallest absolute Gasteiger partial charge is 0.336 e. The Morgan fingerprint density at radius 3 is 1.50 bits per heavy atom. The number of aromatic carboxylic acids is 2. The molecule has 0 spiro atoms. The monoisotopic (exact) mass is 348 g/mol. The SMILES string of the molecule is CC(O)CO.O=C(O)c1ccccc1C(=O)O.OCCOCCO. The molecule has 6 N–H and O–H groups in total. The maximum atomic E-state index is 10.5. The molecular formula is C15H24O9. The summed E-state index contributed by atoms with van der Waals surface area (Å²) < 4.78 is 4.63. The first-order valence-corrected chi connectivity index (χ1v) is 6.95. The molecule has 0 amide bonds. The Bertz CT molecular complexity index is 423. The zero-order chi connectivity index (χ0) is 19.0. The maximum Gasteiger partial charge on any atom is 0.336 e. The van der Waals surface area contributed by atoms with E-state index in [0.717, 1.165) is 0 Å². The summed E-state index contributed by atoms with van der Waals surface area (Å²) in [5.74, 6) is -2.46. The van der Waals surface area contributed by atoms with Gasteiger partial charge in [0.05, 0.1) is 50.3 Å². The van der Waals surface area contributed by atoms with Gasteiger partial charge in [-0.15, -0.1) is 0 Å². The minimum atomic E-state index is -1.23. The van der Waals surface area contributed by atoms with Crippen LogP contribution in [0, 0.1) is 0 Å². The van der Waals surface area contributed by atoms with Crippen LogP contribution in [0.3, 0.4) is 0 Å². The fraction of sp³-hybridized carbons (Fsp3) is 0.467. The lowest BCUT2D eigenvalue weighted by Crippen LogP contribution is -2.06. The van der Waals surface area contributed by atoms with Crippen molar-refractivity contribution >= 4 is 11.9 Å². The van der Waals surface area contributed by atoms with Crippen LogP contribution in [-0.4, -0.2) is 81.7 Å². The van der Waals surface area contributed by atoms with Crippen molar-refractivity contribution in [2.24, 2.45) is 0 Å². The van der Waals surface area contributed by atoms with Gasteiger partial charge in [0.25, 0.3) is 0 Å². The number of hydrogen-bond donors (Lipinski definition) is 6. The summed E-state index contributed by atoms with van der Waals surface area (Å²) in [5, 5.41) is 49.3. The Hall–Kier alpha value is -2.04. The van der Waals surface area contributed by atoms with Gasteiger partial charge in [-0.05, 0) is 19.1 Å². The number of carbonyl (C=O) groups is 2. The molecule has 0 aliphatic rings. The largest absolute Gasteiger partial charge is 0.478 e. The third-order valence-electron chi connectivity index (χ3n) is 2.12. The van der Waals surface area contributed by atoms with E-state index >= 15 is 0 Å². The Labute approximate surface area is 139 Å². The fourth-order valence-corrected chi connectivity index (χ4v) is 1.09. The summed E-state index contributed by atoms with van der Waals surface area (Å²) in [5.41, 5.74) is -0.380. The van der Waals surface area contributed by atoms with E-state index < -0.39 is 18.0 Å². The van der Waals surface area contributed by atoms with E-state index in [2.05, 4.69) is 4.74 Å². The van der Waals surface area contributed by atoms with Crippen LogP contribution >= 0.6 is 0 Å². The lowest BCUT2D eigenvalue weighted by Gasteiger charge is -1.98. The predicted octanol–water partition coefficient (Wildman–Crippen LogP) is -0.570. The molecule has 0 aromatic heterocycles. The lowest BCUT2D eigenvalue weighted by atomic mass is 10.1. The standard InChI is InChI=1S/C8H6O4.C4H10O3.C3H8O2/c9-7(10)5-3-1-2-4-6(5)8(11)12;5-1-3-7-4-2-6;1-3(5)2-4/h1-4H,(H,9,10)(H,11,12);5-6H,1-4H2;3-5H,2H2,1H3. The summed E-state index contributed by atoms with van der Waals surface area (Å²) in [6, 6.07) is 5.48. The minimum absolute atomic E-state index is 0.0278. The molecule has 9 heteroatoms. The summed E-state index contributed by atoms with van der Waals surface area (Å²) >= 11 is 0. The highest BCUT2D eigenvalue weighted by Crippen LogP contribution is 2.07. The van der Waals surface area contributed by atoms with Gasteiger partial charge in [0, 0.05) is 0 Å². The van der Waals surface area contributed by atoms with Crippen LogP contribution in [0.2, 0.25) is 0 Å². The quantitative estimate of drug-likeness (QED) is 0.354. The second-order valence-electron chi connectivity index (χ2n) is 4.25. The van der Waals surface area contributed by atoms with Crippen molar-refractivity contribution in [1.29, 1.82) is 0 Å². The Morgan fingerprint density at radius 2 is 1.29 bits per heavy atom. The molecule has 24 heavy (non-hydrogen) atoms. The van der Waals surface area contributed by atoms with Gasteiger partial charge < -0.3 is 35.4 Å². The molecule has 1 unspecified atom stereocenters. The molecule has 0 aliphatic carbocycles. The van der Waals surface area contributed by atoms with Gasteiger partial charge in [0.15, 0.2) is 0 Å². The van der Waals surface area contributed by atoms with E-state index in [9.17, 15) is 9.59 Å². The number of ether oxygens (including phenoxy) is 1. The molecule has 1 aromatic carbocycles. The molecule has 138 valence electrons. The van der Waals surface area contributed by atoms with Crippen LogP contribution in [0.15, 0.2) is 24.3 Å². The molecule has 0 bridgehead atoms. The molecule has 0 heterocycles. The van der Waals surface area contributed by atoms with Crippen LogP contribution in [0.4, 0.5) is 0 Å². The molecule has 9 nitrogen and oxygen atoms in total. The number of rotatable bonds is 7. The average molecular weight is 348 g/mol. The number of carboxylic acids is 2. The molecule has 1 aromatic rings. The molecule has 0 saturated heterocycles. The van der Waals surface area contributed by atoms with Crippen molar-refractivity contribution in [3.8, 4) is 0 Å². The second kappa shape index (κ2) is 15.8. The molecule has 0 aliphatic heterocycles. The molecular weight excluding hydrogens is 324 g/mol. The van der Waals surface area contributed by atoms with Gasteiger partial charge in [-0.3, -0.25) is 0 Å². The first-order valence-electron chi connectivity index (χ1n) is 6.95. The number of benzene rings is 1. The predicted molar refractivity (Wildman–Crippen MR) is 84.1 cm³/mol. The zero-order valence-electron chi connectivity index (χ0n) is 13.3. The third kappa shape index (κ3) is 13.6. The zero-order valence-corrected chi connectivity index (χ0v) is 13.3. The molecule has 0 fully saturated rings. The van der Waals surface area contributed by atoms with Crippen molar-refractivity contribution in [2.45, 2.75) is 13.0 Å². The number of carboxylic acid groups (broad SMARTS) is 2. The van der Waals surface area contributed by atoms with Crippen molar-refractivity contribution in [3.63, 3.8) is 0 Å². The normalized spacial score (nSPS) is 10.5. The highest BCUT2D eigenvalue weighted by atomic mass is 16.5. The average Bonchev–Trinajstić information content (AvgIpc) is 2.56. The number of aliphatic hydroxyl groups is 4. The van der Waals surface area contributed by atoms with Crippen LogP contribution in [0.5, 0.6) is 0 Å². The Morgan fingerprint density at radius 1 is 0.958 bits per heavy atom. The Kier molecular flexibility index (Phi) is 16.0. The molecule has 1 atom stereocenters. The summed E-state index contributed by atoms with van der Waals surface area (Å²) in [7, 11) is 0. The summed E-state index contributed by atoms with van der Waals surface area (Å²) in [6.07, 6.45) is -0.560. The number of hydrogen-bond acceptors (Lipinski definition) is 7. The van der Waals surface area contributed by atoms with Gasteiger partial charge in [0.2, 0.25) is 0 Å². The van der Waals surface area contributed by atoms with Crippen LogP contribution in [0.25, 0.3) is 0 Å². The highest BCUT2D eigenvalue weighted by molar-refractivity contribution is 6.01. The van der Waals surface area contributed by atoms with Crippen molar-refractivity contribution in [2.75, 3.05) is 33.0 Å². The fourth-order valence-electron chi connectivity index (χ4n) is 1.09. The lowest BCUT2D eigenvalue weighted by molar-refractivity contribution is 0.0650. The van der Waals surface area contributed by atoms with E-state index in [1.807, 2.05) is 0 Å². The van der Waals surface area contributed by atoms with Crippen LogP contribution in [-0.2, 0) is 4.74 Å². The molecule has 0 saturated carbocycles. The van der Waals surface area contributed by atoms with E-state index in [1.165, 1.54) is 31.2 Å². The van der Waals surface area contributed by atoms with Gasteiger partial charge in [-0.1, -0.05) is 12.1 Å². The first-order chi connectivity index (χ1) is 11.3. The summed E-state index contributed by atoms with van der Waals surface area (Å²) in [4.78, 5) is 20.9. The molecule has 1 rings (SSSR count). The molecule has 0 radical (unpaired) electrons. The van der Waals surface area contributed by atoms with Crippen LogP contribution < -0.4 is 0 Å². The van der Waals surface area contributed by atoms with Crippen molar-refractivity contribution in [3.05, 3.63) is 35.4 Å². The van der Waals surface area contributed by atoms with Crippen LogP contribution in [0.1, 0.15) is 27.6 Å². The van der Waals surface area contributed by atoms with E-state index in [1.54, 1.807) is 0 Å². The summed E-state index contributed by atoms with van der Waals surface area (Å²) in [6.45, 7) is 2.08. The van der Waals surface area contributed by atoms with Gasteiger partial charge in [-0.2, -0.15) is 0 Å². The first kappa shape index (κ1) is 24.2. The Balaban J connectivity index is 0. The third-order valence-corrected chi connectivity index (χ3v) is 2.12.